The van der Waals surface area contributed by atoms with Gasteiger partial charge in [-0.2, -0.15) is 13.2 Å². The van der Waals surface area contributed by atoms with Crippen LogP contribution in [0, 0.1) is 5.82 Å². The van der Waals surface area contributed by atoms with E-state index in [2.05, 4.69) is 25.3 Å². The Morgan fingerprint density at radius 2 is 1.90 bits per heavy atom. The lowest BCUT2D eigenvalue weighted by molar-refractivity contribution is -0.137. The average Bonchev–Trinajstić information content (AvgIpc) is 3.11. The van der Waals surface area contributed by atoms with Crippen molar-refractivity contribution < 1.29 is 17.6 Å². The smallest absolute Gasteiger partial charge is 0.396 e. The number of nitrogens with zero attached hydrogens (tertiary/aromatic N) is 3. The van der Waals surface area contributed by atoms with E-state index in [1.165, 1.54) is 18.5 Å². The first-order valence-corrected chi connectivity index (χ1v) is 8.47. The minimum Gasteiger partial charge on any atom is -0.396 e. The van der Waals surface area contributed by atoms with Crippen LogP contribution in [0.4, 0.5) is 29.2 Å². The van der Waals surface area contributed by atoms with Gasteiger partial charge in [0.05, 0.1) is 17.4 Å². The van der Waals surface area contributed by atoms with Crippen LogP contribution >= 0.6 is 0 Å². The number of H-pyrrole nitrogens is 1. The van der Waals surface area contributed by atoms with Gasteiger partial charge in [-0.1, -0.05) is 18.2 Å². The Hall–Kier alpha value is -3.69. The molecular weight excluding hydrogens is 388 g/mol. The number of pyridine rings is 1. The van der Waals surface area contributed by atoms with Crippen LogP contribution < -0.4 is 11.1 Å². The first-order chi connectivity index (χ1) is 13.8. The van der Waals surface area contributed by atoms with Gasteiger partial charge < -0.3 is 16.0 Å². The van der Waals surface area contributed by atoms with Crippen molar-refractivity contribution in [3.8, 4) is 11.3 Å². The Labute approximate surface area is 161 Å². The Bertz CT molecular complexity index is 1190. The van der Waals surface area contributed by atoms with Crippen molar-refractivity contribution in [1.29, 1.82) is 0 Å². The molecule has 3 heterocycles. The highest BCUT2D eigenvalue weighted by Crippen LogP contribution is 2.35. The van der Waals surface area contributed by atoms with Gasteiger partial charge in [-0.15, -0.1) is 0 Å². The van der Waals surface area contributed by atoms with Gasteiger partial charge >= 0.3 is 6.18 Å². The van der Waals surface area contributed by atoms with E-state index in [1.54, 1.807) is 18.2 Å². The van der Waals surface area contributed by atoms with Crippen LogP contribution in [0.25, 0.3) is 22.3 Å². The van der Waals surface area contributed by atoms with Gasteiger partial charge in [0.2, 0.25) is 5.95 Å². The van der Waals surface area contributed by atoms with Crippen LogP contribution in [0.3, 0.4) is 0 Å². The molecule has 4 aromatic rings. The second kappa shape index (κ2) is 7.04. The standard InChI is InChI=1S/C19H14F4N6/c20-14-4-2-1-3-10(14)6-27-18-28-9-15(24)16(29-18)13-8-26-17-12(13)5-11(7-25-17)19(21,22)23/h1-5,7-9H,6,24H2,(H,25,26)(H,27,28,29). The minimum atomic E-state index is -4.53. The fourth-order valence-corrected chi connectivity index (χ4v) is 2.86. The number of aromatic amines is 1. The number of alkyl halides is 3. The molecule has 10 heteroatoms. The molecule has 0 bridgehead atoms. The zero-order chi connectivity index (χ0) is 20.6. The molecule has 0 fully saturated rings. The highest BCUT2D eigenvalue weighted by atomic mass is 19.4. The van der Waals surface area contributed by atoms with Gasteiger partial charge in [-0.3, -0.25) is 0 Å². The Balaban J connectivity index is 1.70. The van der Waals surface area contributed by atoms with Gasteiger partial charge in [0.15, 0.2) is 0 Å². The molecule has 0 aliphatic carbocycles. The highest BCUT2D eigenvalue weighted by Gasteiger charge is 2.31. The van der Waals surface area contributed by atoms with Gasteiger partial charge in [0.25, 0.3) is 0 Å². The molecule has 0 aliphatic rings. The Kier molecular flexibility index (Phi) is 4.53. The third-order valence-electron chi connectivity index (χ3n) is 4.33. The third kappa shape index (κ3) is 3.68. The molecule has 29 heavy (non-hydrogen) atoms. The fraction of sp³-hybridized carbons (Fsp3) is 0.105. The molecule has 0 radical (unpaired) electrons. The predicted molar refractivity (Wildman–Crippen MR) is 100 cm³/mol. The highest BCUT2D eigenvalue weighted by molar-refractivity contribution is 5.95. The van der Waals surface area contributed by atoms with E-state index in [0.29, 0.717) is 11.1 Å². The summed E-state index contributed by atoms with van der Waals surface area (Å²) in [7, 11) is 0. The number of benzene rings is 1. The summed E-state index contributed by atoms with van der Waals surface area (Å²) in [6.07, 6.45) is -0.949. The number of nitrogens with two attached hydrogens (primary N) is 1. The molecule has 4 N–H and O–H groups in total. The summed E-state index contributed by atoms with van der Waals surface area (Å²) in [4.78, 5) is 15.0. The first kappa shape index (κ1) is 18.7. The number of nitrogen functional groups attached to an aromatic ring is 1. The third-order valence-corrected chi connectivity index (χ3v) is 4.33. The summed E-state index contributed by atoms with van der Waals surface area (Å²) in [6.45, 7) is 0.129. The largest absolute Gasteiger partial charge is 0.417 e. The summed E-state index contributed by atoms with van der Waals surface area (Å²) in [6, 6.07) is 7.22. The number of hydrogen-bond acceptors (Lipinski definition) is 5. The predicted octanol–water partition coefficient (Wildman–Crippen LogP) is 4.37. The molecule has 0 saturated heterocycles. The topological polar surface area (TPSA) is 92.5 Å². The van der Waals surface area contributed by atoms with Crippen molar-refractivity contribution in [2.75, 3.05) is 11.1 Å². The first-order valence-electron chi connectivity index (χ1n) is 8.47. The summed E-state index contributed by atoms with van der Waals surface area (Å²) in [5, 5.41) is 3.12. The van der Waals surface area contributed by atoms with Gasteiger partial charge in [-0.05, 0) is 12.1 Å². The minimum absolute atomic E-state index is 0.129. The van der Waals surface area contributed by atoms with Crippen LogP contribution in [0.15, 0.2) is 48.9 Å². The molecule has 1 aromatic carbocycles. The van der Waals surface area contributed by atoms with Crippen LogP contribution in [-0.4, -0.2) is 19.9 Å². The summed E-state index contributed by atoms with van der Waals surface area (Å²) < 4.78 is 52.9. The molecule has 0 spiro atoms. The zero-order valence-electron chi connectivity index (χ0n) is 14.8. The Morgan fingerprint density at radius 3 is 2.66 bits per heavy atom. The number of anilines is 2. The average molecular weight is 402 g/mol. The monoisotopic (exact) mass is 402 g/mol. The maximum atomic E-state index is 13.8. The van der Waals surface area contributed by atoms with Gasteiger partial charge in [0, 0.05) is 35.5 Å². The van der Waals surface area contributed by atoms with Crippen molar-refractivity contribution in [2.45, 2.75) is 12.7 Å². The van der Waals surface area contributed by atoms with E-state index in [1.807, 2.05) is 0 Å². The second-order valence-electron chi connectivity index (χ2n) is 6.26. The normalized spacial score (nSPS) is 11.7. The number of aromatic nitrogens is 4. The molecule has 0 unspecified atom stereocenters. The molecule has 0 aliphatic heterocycles. The van der Waals surface area contributed by atoms with Crippen LogP contribution in [-0.2, 0) is 12.7 Å². The molecule has 0 atom stereocenters. The van der Waals surface area contributed by atoms with Gasteiger partial charge in [0.1, 0.15) is 17.2 Å². The maximum Gasteiger partial charge on any atom is 0.417 e. The van der Waals surface area contributed by atoms with Crippen molar-refractivity contribution >= 4 is 22.7 Å². The van der Waals surface area contributed by atoms with E-state index in [-0.39, 0.29) is 40.7 Å². The van der Waals surface area contributed by atoms with E-state index < -0.39 is 11.7 Å². The van der Waals surface area contributed by atoms with E-state index in [0.717, 1.165) is 12.3 Å². The molecular formula is C19H14F4N6. The number of rotatable bonds is 4. The van der Waals surface area contributed by atoms with E-state index in [4.69, 9.17) is 5.73 Å². The van der Waals surface area contributed by atoms with Crippen molar-refractivity contribution in [3.63, 3.8) is 0 Å². The summed E-state index contributed by atoms with van der Waals surface area (Å²) >= 11 is 0. The number of nitrogens with one attached hydrogen (secondary N) is 2. The lowest BCUT2D eigenvalue weighted by Gasteiger charge is -2.10. The molecule has 4 rings (SSSR count). The quantitative estimate of drug-likeness (QED) is 0.441. The number of halogens is 4. The SMILES string of the molecule is Nc1cnc(NCc2ccccc2F)nc1-c1c[nH]c2ncc(C(F)(F)F)cc12. The second-order valence-corrected chi connectivity index (χ2v) is 6.26. The molecule has 148 valence electrons. The van der Waals surface area contributed by atoms with Crippen molar-refractivity contribution in [1.82, 2.24) is 19.9 Å². The van der Waals surface area contributed by atoms with Crippen LogP contribution in [0.5, 0.6) is 0 Å². The summed E-state index contributed by atoms with van der Waals surface area (Å²) in [5.41, 5.74) is 6.54. The number of hydrogen-bond donors (Lipinski definition) is 3. The maximum absolute atomic E-state index is 13.8. The van der Waals surface area contributed by atoms with Crippen molar-refractivity contribution in [2.24, 2.45) is 0 Å². The van der Waals surface area contributed by atoms with E-state index in [9.17, 15) is 17.6 Å². The van der Waals surface area contributed by atoms with Gasteiger partial charge in [-0.25, -0.2) is 19.3 Å². The fourth-order valence-electron chi connectivity index (χ4n) is 2.86. The molecule has 6 nitrogen and oxygen atoms in total. The lowest BCUT2D eigenvalue weighted by atomic mass is 10.1. The Morgan fingerprint density at radius 1 is 1.10 bits per heavy atom. The molecule has 3 aromatic heterocycles. The molecule has 0 amide bonds. The van der Waals surface area contributed by atoms with Crippen molar-refractivity contribution in [3.05, 3.63) is 65.9 Å². The zero-order valence-corrected chi connectivity index (χ0v) is 14.8. The van der Waals surface area contributed by atoms with E-state index >= 15 is 0 Å². The molecule has 0 saturated carbocycles. The van der Waals surface area contributed by atoms with Crippen LogP contribution in [0.2, 0.25) is 0 Å². The van der Waals surface area contributed by atoms with Crippen LogP contribution in [0.1, 0.15) is 11.1 Å². The number of fused-ring (bicyclic) bond motifs is 1. The lowest BCUT2D eigenvalue weighted by Crippen LogP contribution is -2.07. The summed E-state index contributed by atoms with van der Waals surface area (Å²) in [5.74, 6) is -0.218.